The van der Waals surface area contributed by atoms with Crippen molar-refractivity contribution in [2.24, 2.45) is 4.99 Å². The molecule has 20 heavy (non-hydrogen) atoms. The highest BCUT2D eigenvalue weighted by atomic mass is 35.6. The van der Waals surface area contributed by atoms with E-state index in [1.54, 1.807) is 28.6 Å². The zero-order chi connectivity index (χ0) is 14.4. The Morgan fingerprint density at radius 3 is 2.60 bits per heavy atom. The number of nitrogens with one attached hydrogen (secondary N) is 1. The first-order valence-electron chi connectivity index (χ1n) is 5.61. The molecule has 0 spiro atoms. The quantitative estimate of drug-likeness (QED) is 0.785. The third-order valence-corrected chi connectivity index (χ3v) is 4.61. The summed E-state index contributed by atoms with van der Waals surface area (Å²) in [6, 6.07) is 8.53. The summed E-state index contributed by atoms with van der Waals surface area (Å²) in [4.78, 5) is 17.5. The second-order valence-corrected chi connectivity index (χ2v) is 7.33. The van der Waals surface area contributed by atoms with Crippen LogP contribution in [0.5, 0.6) is 0 Å². The highest BCUT2D eigenvalue weighted by Crippen LogP contribution is 2.50. The standard InChI is InChI=1S/C12H8Cl3N3OS/c13-12(14,15)11(8-4-2-1-3-5-8)17-9(19)16-10-18(11)6-7-20-10/h1-7H,(H,17,19)/t11-/m1/s1. The molecule has 104 valence electrons. The predicted molar refractivity (Wildman–Crippen MR) is 82.9 cm³/mol. The van der Waals surface area contributed by atoms with Crippen LogP contribution in [-0.4, -0.2) is 19.9 Å². The molecule has 1 aromatic rings. The molecule has 0 unspecified atom stereocenters. The molecule has 1 atom stereocenters. The minimum atomic E-state index is -1.79. The Labute approximate surface area is 134 Å². The van der Waals surface area contributed by atoms with Gasteiger partial charge in [-0.25, -0.2) is 4.79 Å². The lowest BCUT2D eigenvalue weighted by molar-refractivity contribution is 0.169. The number of aliphatic imine (C=N–C) groups is 1. The average molecular weight is 349 g/mol. The number of thioether (sulfide) groups is 1. The molecule has 0 saturated carbocycles. The van der Waals surface area contributed by atoms with E-state index in [2.05, 4.69) is 10.3 Å². The van der Waals surface area contributed by atoms with E-state index in [0.717, 1.165) is 0 Å². The van der Waals surface area contributed by atoms with Crippen molar-refractivity contribution in [3.05, 3.63) is 47.5 Å². The molecule has 2 aliphatic rings. The Kier molecular flexibility index (Phi) is 3.41. The molecule has 2 heterocycles. The number of amides is 2. The molecule has 0 bridgehead atoms. The number of hydrogen-bond acceptors (Lipinski definition) is 3. The Morgan fingerprint density at radius 1 is 1.25 bits per heavy atom. The van der Waals surface area contributed by atoms with Crippen molar-refractivity contribution in [1.82, 2.24) is 10.2 Å². The lowest BCUT2D eigenvalue weighted by atomic mass is 9.98. The second-order valence-electron chi connectivity index (χ2n) is 4.17. The SMILES string of the molecule is O=C1N=C2SC=CN2[C@](c2ccccc2)(C(Cl)(Cl)Cl)N1. The van der Waals surface area contributed by atoms with E-state index in [-0.39, 0.29) is 0 Å². The van der Waals surface area contributed by atoms with Gasteiger partial charge in [0.25, 0.3) is 0 Å². The number of benzene rings is 1. The maximum atomic E-state index is 11.9. The van der Waals surface area contributed by atoms with Crippen molar-refractivity contribution in [2.45, 2.75) is 9.46 Å². The van der Waals surface area contributed by atoms with Crippen LogP contribution in [-0.2, 0) is 5.66 Å². The van der Waals surface area contributed by atoms with Crippen LogP contribution >= 0.6 is 46.6 Å². The van der Waals surface area contributed by atoms with Crippen LogP contribution in [0.4, 0.5) is 4.79 Å². The van der Waals surface area contributed by atoms with Gasteiger partial charge < -0.3 is 5.32 Å². The first-order chi connectivity index (χ1) is 9.45. The largest absolute Gasteiger partial charge is 0.345 e. The molecule has 1 N–H and O–H groups in total. The number of fused-ring (bicyclic) bond motifs is 1. The van der Waals surface area contributed by atoms with Gasteiger partial charge in [0.2, 0.25) is 3.79 Å². The van der Waals surface area contributed by atoms with Gasteiger partial charge >= 0.3 is 6.03 Å². The van der Waals surface area contributed by atoms with Crippen LogP contribution in [0.1, 0.15) is 5.56 Å². The molecule has 1 aromatic carbocycles. The number of carbonyl (C=O) groups is 1. The summed E-state index contributed by atoms with van der Waals surface area (Å²) in [7, 11) is 0. The number of nitrogens with zero attached hydrogens (tertiary/aromatic N) is 2. The highest BCUT2D eigenvalue weighted by Gasteiger charge is 2.58. The molecular formula is C12H8Cl3N3OS. The van der Waals surface area contributed by atoms with E-state index < -0.39 is 15.5 Å². The van der Waals surface area contributed by atoms with E-state index in [1.165, 1.54) is 11.8 Å². The number of hydrogen-bond donors (Lipinski definition) is 1. The second kappa shape index (κ2) is 4.84. The monoisotopic (exact) mass is 347 g/mol. The Hall–Kier alpha value is -0.880. The van der Waals surface area contributed by atoms with Crippen molar-refractivity contribution in [1.29, 1.82) is 0 Å². The summed E-state index contributed by atoms with van der Waals surface area (Å²) in [6.07, 6.45) is 1.73. The third-order valence-electron chi connectivity index (χ3n) is 3.04. The Balaban J connectivity index is 2.24. The number of halogens is 3. The summed E-state index contributed by atoms with van der Waals surface area (Å²) >= 11 is 19.9. The number of carbonyl (C=O) groups excluding carboxylic acids is 1. The van der Waals surface area contributed by atoms with Crippen molar-refractivity contribution < 1.29 is 4.79 Å². The average Bonchev–Trinajstić information content (AvgIpc) is 2.85. The van der Waals surface area contributed by atoms with Crippen LogP contribution < -0.4 is 5.32 Å². The van der Waals surface area contributed by atoms with Crippen molar-refractivity contribution >= 4 is 57.8 Å². The van der Waals surface area contributed by atoms with Gasteiger partial charge in [-0.3, -0.25) is 4.90 Å². The molecular weight excluding hydrogens is 341 g/mol. The van der Waals surface area contributed by atoms with Gasteiger partial charge in [-0.2, -0.15) is 4.99 Å². The summed E-state index contributed by atoms with van der Waals surface area (Å²) in [5.41, 5.74) is -0.666. The molecule has 3 rings (SSSR count). The molecule has 0 aromatic heterocycles. The van der Waals surface area contributed by atoms with Crippen LogP contribution in [0, 0.1) is 0 Å². The van der Waals surface area contributed by atoms with Crippen LogP contribution in [0.2, 0.25) is 0 Å². The fraction of sp³-hybridized carbons (Fsp3) is 0.167. The highest BCUT2D eigenvalue weighted by molar-refractivity contribution is 8.16. The third kappa shape index (κ3) is 2.00. The first-order valence-corrected chi connectivity index (χ1v) is 7.62. The summed E-state index contributed by atoms with van der Waals surface area (Å²) < 4.78 is -1.79. The lowest BCUT2D eigenvalue weighted by Gasteiger charge is -2.48. The molecule has 0 aliphatic carbocycles. The van der Waals surface area contributed by atoms with Gasteiger partial charge in [-0.05, 0) is 5.41 Å². The summed E-state index contributed by atoms with van der Waals surface area (Å²) in [5, 5.41) is 4.96. The van der Waals surface area contributed by atoms with E-state index in [4.69, 9.17) is 34.8 Å². The molecule has 2 aliphatic heterocycles. The molecule has 4 nitrogen and oxygen atoms in total. The molecule has 0 fully saturated rings. The van der Waals surface area contributed by atoms with Gasteiger partial charge in [0, 0.05) is 11.8 Å². The number of amidine groups is 1. The molecule has 0 radical (unpaired) electrons. The molecule has 2 amide bonds. The van der Waals surface area contributed by atoms with Gasteiger partial charge in [-0.15, -0.1) is 0 Å². The summed E-state index contributed by atoms with van der Waals surface area (Å²) in [6.45, 7) is 0. The lowest BCUT2D eigenvalue weighted by Crippen LogP contribution is -2.66. The Bertz CT molecular complexity index is 614. The van der Waals surface area contributed by atoms with Gasteiger partial charge in [0.1, 0.15) is 0 Å². The van der Waals surface area contributed by atoms with E-state index in [1.807, 2.05) is 18.2 Å². The molecule has 0 saturated heterocycles. The smallest absolute Gasteiger partial charge is 0.305 e. The molecule has 8 heteroatoms. The van der Waals surface area contributed by atoms with Crippen LogP contribution in [0.25, 0.3) is 0 Å². The van der Waals surface area contributed by atoms with E-state index >= 15 is 0 Å². The predicted octanol–water partition coefficient (Wildman–Crippen LogP) is 3.81. The van der Waals surface area contributed by atoms with Crippen molar-refractivity contribution in [3.63, 3.8) is 0 Å². The van der Waals surface area contributed by atoms with Gasteiger partial charge in [0.05, 0.1) is 0 Å². The summed E-state index contributed by atoms with van der Waals surface area (Å²) in [5.74, 6) is 0. The normalized spacial score (nSPS) is 25.2. The number of alkyl halides is 3. The van der Waals surface area contributed by atoms with Crippen LogP contribution in [0.3, 0.4) is 0 Å². The van der Waals surface area contributed by atoms with Gasteiger partial charge in [-0.1, -0.05) is 76.9 Å². The van der Waals surface area contributed by atoms with E-state index in [9.17, 15) is 4.79 Å². The zero-order valence-corrected chi connectivity index (χ0v) is 13.0. The maximum Gasteiger partial charge on any atom is 0.345 e. The maximum absolute atomic E-state index is 11.9. The fourth-order valence-electron chi connectivity index (χ4n) is 2.20. The van der Waals surface area contributed by atoms with Gasteiger partial charge in [0.15, 0.2) is 10.8 Å². The van der Waals surface area contributed by atoms with Crippen molar-refractivity contribution in [3.8, 4) is 0 Å². The number of rotatable bonds is 1. The van der Waals surface area contributed by atoms with E-state index in [0.29, 0.717) is 10.7 Å². The Morgan fingerprint density at radius 2 is 1.95 bits per heavy atom. The van der Waals surface area contributed by atoms with Crippen LogP contribution in [0.15, 0.2) is 46.9 Å². The van der Waals surface area contributed by atoms with Crippen molar-refractivity contribution in [2.75, 3.05) is 0 Å². The zero-order valence-electron chi connectivity index (χ0n) is 9.89. The topological polar surface area (TPSA) is 44.7 Å². The minimum Gasteiger partial charge on any atom is -0.305 e. The first kappa shape index (κ1) is 14.1. The number of urea groups is 1. The fourth-order valence-corrected chi connectivity index (χ4v) is 3.69. The minimum absolute atomic E-state index is 0.476.